The van der Waals surface area contributed by atoms with Crippen molar-refractivity contribution in [2.45, 2.75) is 19.4 Å². The van der Waals surface area contributed by atoms with E-state index in [1.165, 1.54) is 0 Å². The fourth-order valence-corrected chi connectivity index (χ4v) is 2.59. The van der Waals surface area contributed by atoms with Crippen LogP contribution in [0, 0.1) is 0 Å². The molecule has 0 spiro atoms. The van der Waals surface area contributed by atoms with Crippen LogP contribution in [0.15, 0.2) is 0 Å². The first-order valence-electron chi connectivity index (χ1n) is 4.11. The van der Waals surface area contributed by atoms with Crippen LogP contribution in [0.5, 0.6) is 0 Å². The van der Waals surface area contributed by atoms with Crippen LogP contribution in [0.25, 0.3) is 0 Å². The molecule has 0 aliphatic rings. The molecule has 0 saturated carbocycles. The molecule has 0 rings (SSSR count). The summed E-state index contributed by atoms with van der Waals surface area (Å²) in [6, 6.07) is 0.885. The van der Waals surface area contributed by atoms with Crippen LogP contribution in [-0.2, 0) is 13.3 Å². The molecule has 0 bridgehead atoms. The lowest BCUT2D eigenvalue weighted by Crippen LogP contribution is -2.42. The van der Waals surface area contributed by atoms with Gasteiger partial charge in [0.1, 0.15) is 0 Å². The number of hydrogen-bond acceptors (Lipinski definition) is 4. The minimum atomic E-state index is -2.22. The van der Waals surface area contributed by atoms with Crippen molar-refractivity contribution in [3.8, 4) is 0 Å². The van der Waals surface area contributed by atoms with Gasteiger partial charge in [0.15, 0.2) is 0 Å². The van der Waals surface area contributed by atoms with Gasteiger partial charge in [0.05, 0.1) is 0 Å². The lowest BCUT2D eigenvalue weighted by molar-refractivity contribution is 0.123. The summed E-state index contributed by atoms with van der Waals surface area (Å²) in [6.45, 7) is 2.08. The van der Waals surface area contributed by atoms with E-state index in [-0.39, 0.29) is 0 Å². The van der Waals surface area contributed by atoms with Crippen molar-refractivity contribution in [2.24, 2.45) is 5.73 Å². The van der Waals surface area contributed by atoms with Gasteiger partial charge in [-0.25, -0.2) is 4.79 Å². The van der Waals surface area contributed by atoms with Gasteiger partial charge in [-0.15, -0.1) is 0 Å². The Balaban J connectivity index is 0. The van der Waals surface area contributed by atoms with Crippen molar-refractivity contribution >= 4 is 14.9 Å². The van der Waals surface area contributed by atoms with E-state index in [2.05, 4.69) is 12.7 Å². The summed E-state index contributed by atoms with van der Waals surface area (Å²) in [5.41, 5.74) is 4.03. The number of hydrogen-bond donors (Lipinski definition) is 2. The van der Waals surface area contributed by atoms with Crippen molar-refractivity contribution in [3.05, 3.63) is 0 Å². The van der Waals surface area contributed by atoms with Crippen LogP contribution in [-0.4, -0.2) is 41.3 Å². The number of rotatable bonds is 5. The van der Waals surface area contributed by atoms with Gasteiger partial charge in [-0.2, -0.15) is 0 Å². The van der Waals surface area contributed by atoms with Crippen LogP contribution >= 0.6 is 0 Å². The third kappa shape index (κ3) is 7.99. The Morgan fingerprint density at radius 3 is 1.64 bits per heavy atom. The molecule has 3 N–H and O–H groups in total. The van der Waals surface area contributed by atoms with Crippen molar-refractivity contribution in [1.29, 1.82) is 0 Å². The number of primary amides is 1. The third-order valence-electron chi connectivity index (χ3n) is 1.49. The van der Waals surface area contributed by atoms with Crippen LogP contribution in [0.3, 0.4) is 0 Å². The lowest BCUT2D eigenvalue weighted by Gasteiger charge is -2.23. The average molecular weight is 225 g/mol. The van der Waals surface area contributed by atoms with E-state index in [9.17, 15) is 0 Å². The predicted octanol–water partition coefficient (Wildman–Crippen LogP) is 0.898. The van der Waals surface area contributed by atoms with Gasteiger partial charge >= 0.3 is 14.9 Å². The summed E-state index contributed by atoms with van der Waals surface area (Å²) in [6.07, 6.45) is -0.304. The molecule has 0 saturated heterocycles. The molecule has 0 heterocycles. The smallest absolute Gasteiger partial charge is 0.465 e. The van der Waals surface area contributed by atoms with Gasteiger partial charge in [-0.1, -0.05) is 13.3 Å². The van der Waals surface area contributed by atoms with Gasteiger partial charge in [0.25, 0.3) is 0 Å². The van der Waals surface area contributed by atoms with Gasteiger partial charge in [-0.3, -0.25) is 0 Å². The number of carbonyl (C=O) groups is 1. The SMILES string of the molecule is CCC[Si](OC)(OC)OC.NC(=O)O. The van der Waals surface area contributed by atoms with Gasteiger partial charge in [-0.05, 0) is 0 Å². The highest BCUT2D eigenvalue weighted by molar-refractivity contribution is 6.60. The second kappa shape index (κ2) is 8.94. The zero-order valence-electron chi connectivity index (χ0n) is 9.07. The van der Waals surface area contributed by atoms with E-state index in [1.807, 2.05) is 0 Å². The highest BCUT2D eigenvalue weighted by Gasteiger charge is 2.36. The van der Waals surface area contributed by atoms with Crippen LogP contribution < -0.4 is 5.73 Å². The first-order valence-corrected chi connectivity index (χ1v) is 6.05. The second-order valence-corrected chi connectivity index (χ2v) is 5.47. The molecule has 0 aromatic rings. The van der Waals surface area contributed by atoms with E-state index in [1.54, 1.807) is 21.3 Å². The highest BCUT2D eigenvalue weighted by Crippen LogP contribution is 2.13. The summed E-state index contributed by atoms with van der Waals surface area (Å²) in [5.74, 6) is 0. The fourth-order valence-electron chi connectivity index (χ4n) is 0.862. The maximum absolute atomic E-state index is 8.78. The Bertz CT molecular complexity index is 139. The summed E-state index contributed by atoms with van der Waals surface area (Å²) in [7, 11) is 2.68. The van der Waals surface area contributed by atoms with Crippen LogP contribution in [0.4, 0.5) is 4.79 Å². The number of amides is 1. The Morgan fingerprint density at radius 1 is 1.29 bits per heavy atom. The minimum absolute atomic E-state index is 0.885. The van der Waals surface area contributed by atoms with Crippen molar-refractivity contribution in [1.82, 2.24) is 0 Å². The highest BCUT2D eigenvalue weighted by atomic mass is 28.4. The molecular formula is C7H19NO5Si. The molecule has 0 aromatic carbocycles. The first-order chi connectivity index (χ1) is 6.47. The van der Waals surface area contributed by atoms with Gasteiger partial charge in [0, 0.05) is 27.4 Å². The Labute approximate surface area is 85.3 Å². The molecular weight excluding hydrogens is 206 g/mol. The zero-order valence-corrected chi connectivity index (χ0v) is 10.1. The van der Waals surface area contributed by atoms with E-state index in [0.717, 1.165) is 12.5 Å². The maximum Gasteiger partial charge on any atom is 0.500 e. The topological polar surface area (TPSA) is 91.0 Å². The van der Waals surface area contributed by atoms with E-state index in [4.69, 9.17) is 23.2 Å². The summed E-state index contributed by atoms with van der Waals surface area (Å²) in [5, 5.41) is 7.19. The zero-order chi connectivity index (χ0) is 11.6. The largest absolute Gasteiger partial charge is 0.500 e. The van der Waals surface area contributed by atoms with Crippen molar-refractivity contribution in [2.75, 3.05) is 21.3 Å². The molecule has 1 amide bonds. The number of nitrogens with two attached hydrogens (primary N) is 1. The third-order valence-corrected chi connectivity index (χ3v) is 4.47. The molecule has 86 valence electrons. The quantitative estimate of drug-likeness (QED) is 0.678. The Morgan fingerprint density at radius 2 is 1.57 bits per heavy atom. The molecule has 0 atom stereocenters. The van der Waals surface area contributed by atoms with Crippen LogP contribution in [0.2, 0.25) is 6.04 Å². The van der Waals surface area contributed by atoms with Crippen molar-refractivity contribution < 1.29 is 23.2 Å². The average Bonchev–Trinajstić information content (AvgIpc) is 2.14. The normalized spacial score (nSPS) is 10.3. The van der Waals surface area contributed by atoms with Gasteiger partial charge < -0.3 is 24.1 Å². The first kappa shape index (κ1) is 15.8. The van der Waals surface area contributed by atoms with Crippen molar-refractivity contribution in [3.63, 3.8) is 0 Å². The molecule has 14 heavy (non-hydrogen) atoms. The Hall–Kier alpha value is -0.633. The van der Waals surface area contributed by atoms with E-state index in [0.29, 0.717) is 0 Å². The Kier molecular flexibility index (Phi) is 10.1. The second-order valence-electron chi connectivity index (χ2n) is 2.38. The fraction of sp³-hybridized carbons (Fsp3) is 0.857. The van der Waals surface area contributed by atoms with Crippen LogP contribution in [0.1, 0.15) is 13.3 Å². The standard InChI is InChI=1S/C6H16O3Si.CH3NO2/c1-5-6-10(7-2,8-3)9-4;2-1(3)4/h5-6H2,1-4H3;2H2,(H,3,4). The molecule has 6 nitrogen and oxygen atoms in total. The molecule has 0 aliphatic carbocycles. The van der Waals surface area contributed by atoms with Gasteiger partial charge in [0.2, 0.25) is 0 Å². The molecule has 0 fully saturated rings. The lowest BCUT2D eigenvalue weighted by atomic mass is 10.6. The molecule has 0 radical (unpaired) electrons. The maximum atomic E-state index is 8.78. The van der Waals surface area contributed by atoms with E-state index < -0.39 is 14.9 Å². The summed E-state index contributed by atoms with van der Waals surface area (Å²) >= 11 is 0. The molecule has 0 aromatic heterocycles. The van der Waals surface area contributed by atoms with E-state index >= 15 is 0 Å². The summed E-state index contributed by atoms with van der Waals surface area (Å²) in [4.78, 5) is 8.78. The molecule has 7 heteroatoms. The molecule has 0 unspecified atom stereocenters. The number of carboxylic acid groups (broad SMARTS) is 1. The molecule has 0 aliphatic heterocycles. The predicted molar refractivity (Wildman–Crippen MR) is 54.1 cm³/mol. The minimum Gasteiger partial charge on any atom is -0.465 e. The summed E-state index contributed by atoms with van der Waals surface area (Å²) < 4.78 is 15.5. The monoisotopic (exact) mass is 225 g/mol.